The molecule has 38 heavy (non-hydrogen) atoms. The van der Waals surface area contributed by atoms with Gasteiger partial charge in [-0.05, 0) is 141 Å². The van der Waals surface area contributed by atoms with E-state index < -0.39 is 0 Å². The largest absolute Gasteiger partial charge is 0.122 e. The molecule has 1 aromatic rings. The van der Waals surface area contributed by atoms with E-state index in [4.69, 9.17) is 0 Å². The summed E-state index contributed by atoms with van der Waals surface area (Å²) >= 11 is 0. The highest BCUT2D eigenvalue weighted by Gasteiger charge is 1.93. The molecule has 0 radical (unpaired) electrons. The normalized spacial score (nSPS) is 11.5. The second-order valence-corrected chi connectivity index (χ2v) is 11.0. The fraction of sp³-hybridized carbons (Fsp3) is 0.421. The first-order chi connectivity index (χ1) is 18.2. The molecule has 1 rings (SSSR count). The van der Waals surface area contributed by atoms with Gasteiger partial charge in [0.15, 0.2) is 0 Å². The Morgan fingerprint density at radius 2 is 1.00 bits per heavy atom. The Bertz CT molecular complexity index is 1110. The summed E-state index contributed by atoms with van der Waals surface area (Å²) in [4.78, 5) is 0. The summed E-state index contributed by atoms with van der Waals surface area (Å²) in [7, 11) is 0. The topological polar surface area (TPSA) is 0 Å². The van der Waals surface area contributed by atoms with E-state index in [1.165, 1.54) is 44.6 Å². The van der Waals surface area contributed by atoms with Crippen LogP contribution in [-0.2, 0) is 0 Å². The average molecular weight is 509 g/mol. The van der Waals surface area contributed by atoms with Gasteiger partial charge >= 0.3 is 0 Å². The summed E-state index contributed by atoms with van der Waals surface area (Å²) in [5.41, 5.74) is 17.6. The molecule has 0 spiro atoms. The molecule has 204 valence electrons. The van der Waals surface area contributed by atoms with Gasteiger partial charge in [-0.1, -0.05) is 83.0 Å². The molecule has 0 aliphatic heterocycles. The van der Waals surface area contributed by atoms with Gasteiger partial charge < -0.3 is 0 Å². The lowest BCUT2D eigenvalue weighted by atomic mass is 10.1. The molecule has 0 nitrogen and oxygen atoms in total. The van der Waals surface area contributed by atoms with Crippen LogP contribution in [0.4, 0.5) is 0 Å². The monoisotopic (exact) mass is 508 g/mol. The van der Waals surface area contributed by atoms with Crippen molar-refractivity contribution in [2.24, 2.45) is 0 Å². The second kappa shape index (κ2) is 20.0. The van der Waals surface area contributed by atoms with Crippen LogP contribution in [0.1, 0.15) is 118 Å². The number of allylic oxidation sites excluding steroid dienone is 11. The van der Waals surface area contributed by atoms with E-state index >= 15 is 0 Å². The maximum absolute atomic E-state index is 3.46. The van der Waals surface area contributed by atoms with Crippen LogP contribution in [0, 0.1) is 0 Å². The Balaban J connectivity index is 2.51. The quantitative estimate of drug-likeness (QED) is 0.125. The minimum absolute atomic E-state index is 1.06. The fourth-order valence-corrected chi connectivity index (χ4v) is 3.86. The van der Waals surface area contributed by atoms with Crippen LogP contribution in [0.25, 0.3) is 12.2 Å². The summed E-state index contributed by atoms with van der Waals surface area (Å²) in [5, 5.41) is 0. The molecule has 0 fully saturated rings. The Morgan fingerprint density at radius 3 is 1.50 bits per heavy atom. The molecular weight excluding hydrogens is 456 g/mol. The molecule has 0 heteroatoms. The van der Waals surface area contributed by atoms with Gasteiger partial charge in [0.2, 0.25) is 0 Å². The third-order valence-corrected chi connectivity index (χ3v) is 6.34. The van der Waals surface area contributed by atoms with Gasteiger partial charge in [-0.2, -0.15) is 0 Å². The predicted molar refractivity (Wildman–Crippen MR) is 173 cm³/mol. The van der Waals surface area contributed by atoms with Gasteiger partial charge in [0.05, 0.1) is 0 Å². The van der Waals surface area contributed by atoms with Crippen LogP contribution in [-0.4, -0.2) is 0 Å². The van der Waals surface area contributed by atoms with Crippen molar-refractivity contribution in [3.8, 4) is 0 Å². The van der Waals surface area contributed by atoms with Crippen molar-refractivity contribution in [1.29, 1.82) is 0 Å². The van der Waals surface area contributed by atoms with Gasteiger partial charge in [0.25, 0.3) is 0 Å². The highest BCUT2D eigenvalue weighted by Crippen LogP contribution is 2.13. The lowest BCUT2D eigenvalue weighted by molar-refractivity contribution is 0.919. The van der Waals surface area contributed by atoms with Crippen LogP contribution in [0.15, 0.2) is 106 Å². The van der Waals surface area contributed by atoms with Gasteiger partial charge in [-0.3, -0.25) is 0 Å². The van der Waals surface area contributed by atoms with Gasteiger partial charge in [0, 0.05) is 0 Å². The first kappa shape index (κ1) is 33.0. The van der Waals surface area contributed by atoms with E-state index in [1.54, 1.807) is 0 Å². The molecule has 0 aromatic heterocycles. The van der Waals surface area contributed by atoms with Crippen molar-refractivity contribution >= 4 is 12.2 Å². The molecule has 0 saturated heterocycles. The van der Waals surface area contributed by atoms with E-state index in [0.29, 0.717) is 0 Å². The van der Waals surface area contributed by atoms with Gasteiger partial charge in [-0.15, -0.1) is 11.5 Å². The molecule has 0 heterocycles. The standard InChI is InChI=1S/C38H52/c1-31(2)15-11-18-34(6)21-13-20-33(5)17-9-10-24-37-27-29-38(30-28-37)26-25-36(8)23-14-22-35(7)19-12-16-32(3)4/h9-10,15-16,21-22,24,26-30H,11-14,18-20,23H2,1-8H3. The highest BCUT2D eigenvalue weighted by molar-refractivity contribution is 5.56. The van der Waals surface area contributed by atoms with E-state index in [0.717, 1.165) is 51.4 Å². The van der Waals surface area contributed by atoms with Gasteiger partial charge in [-0.25, -0.2) is 0 Å². The van der Waals surface area contributed by atoms with Crippen molar-refractivity contribution in [3.63, 3.8) is 0 Å². The molecule has 0 bridgehead atoms. The average Bonchev–Trinajstić information content (AvgIpc) is 2.85. The van der Waals surface area contributed by atoms with Crippen LogP contribution in [0.2, 0.25) is 0 Å². The lowest BCUT2D eigenvalue weighted by Gasteiger charge is -2.00. The van der Waals surface area contributed by atoms with Crippen molar-refractivity contribution in [3.05, 3.63) is 117 Å². The summed E-state index contributed by atoms with van der Waals surface area (Å²) < 4.78 is 0. The van der Waals surface area contributed by atoms with Crippen LogP contribution >= 0.6 is 0 Å². The Hall–Kier alpha value is -3.04. The lowest BCUT2D eigenvalue weighted by Crippen LogP contribution is -1.80. The van der Waals surface area contributed by atoms with Crippen molar-refractivity contribution in [1.82, 2.24) is 0 Å². The molecule has 0 atom stereocenters. The molecule has 0 aliphatic carbocycles. The van der Waals surface area contributed by atoms with Crippen LogP contribution < -0.4 is 0 Å². The minimum atomic E-state index is 1.06. The highest BCUT2D eigenvalue weighted by atomic mass is 14.0. The zero-order valence-corrected chi connectivity index (χ0v) is 25.6. The first-order valence-corrected chi connectivity index (χ1v) is 14.3. The van der Waals surface area contributed by atoms with Crippen molar-refractivity contribution in [2.45, 2.75) is 107 Å². The number of hydrogen-bond acceptors (Lipinski definition) is 0. The Kier molecular flexibility index (Phi) is 17.4. The number of hydrogen-bond donors (Lipinski definition) is 0. The van der Waals surface area contributed by atoms with E-state index in [9.17, 15) is 0 Å². The molecule has 0 unspecified atom stereocenters. The summed E-state index contributed by atoms with van der Waals surface area (Å²) in [5.74, 6) is 0. The second-order valence-electron chi connectivity index (χ2n) is 11.0. The maximum atomic E-state index is 3.46. The molecule has 0 aliphatic rings. The third-order valence-electron chi connectivity index (χ3n) is 6.34. The minimum Gasteiger partial charge on any atom is -0.122 e. The smallest absolute Gasteiger partial charge is 0.0128 e. The Morgan fingerprint density at radius 1 is 0.553 bits per heavy atom. The SMILES string of the molecule is CC(=C=CC=Cc1ccc(C=C=C(C)CCC=C(C)CCC=C(C)C)cc1)CCC=C(C)CCC=C(C)C. The fourth-order valence-electron chi connectivity index (χ4n) is 3.86. The summed E-state index contributed by atoms with van der Waals surface area (Å²) in [6.45, 7) is 17.5. The molecule has 0 amide bonds. The third kappa shape index (κ3) is 18.2. The first-order valence-electron chi connectivity index (χ1n) is 14.3. The number of benzene rings is 1. The predicted octanol–water partition coefficient (Wildman–Crippen LogP) is 12.3. The van der Waals surface area contributed by atoms with Gasteiger partial charge in [0.1, 0.15) is 0 Å². The molecule has 1 aromatic carbocycles. The maximum Gasteiger partial charge on any atom is -0.0128 e. The molecule has 0 N–H and O–H groups in total. The Labute approximate surface area is 235 Å². The zero-order valence-electron chi connectivity index (χ0n) is 25.6. The van der Waals surface area contributed by atoms with E-state index in [-0.39, 0.29) is 0 Å². The van der Waals surface area contributed by atoms with E-state index in [2.05, 4.69) is 134 Å². The van der Waals surface area contributed by atoms with Crippen molar-refractivity contribution in [2.75, 3.05) is 0 Å². The van der Waals surface area contributed by atoms with E-state index in [1.807, 2.05) is 6.08 Å². The van der Waals surface area contributed by atoms with Crippen LogP contribution in [0.3, 0.4) is 0 Å². The summed E-state index contributed by atoms with van der Waals surface area (Å²) in [6, 6.07) is 8.63. The molecule has 0 saturated carbocycles. The zero-order chi connectivity index (χ0) is 28.2. The summed E-state index contributed by atoms with van der Waals surface area (Å²) in [6.07, 6.45) is 26.6. The van der Waals surface area contributed by atoms with Crippen LogP contribution in [0.5, 0.6) is 0 Å². The molecular formula is C38H52. The number of rotatable bonds is 15. The van der Waals surface area contributed by atoms with Crippen molar-refractivity contribution < 1.29 is 0 Å².